The first-order valence-corrected chi connectivity index (χ1v) is 26.3. The lowest BCUT2D eigenvalue weighted by atomic mass is 9.86. The van der Waals surface area contributed by atoms with E-state index >= 15 is 0 Å². The van der Waals surface area contributed by atoms with E-state index in [0.29, 0.717) is 0 Å². The summed E-state index contributed by atoms with van der Waals surface area (Å²) in [5, 5.41) is 10.5. The number of fused-ring (bicyclic) bond motifs is 9. The van der Waals surface area contributed by atoms with Crippen LogP contribution in [0.2, 0.25) is 0 Å². The van der Waals surface area contributed by atoms with Crippen LogP contribution >= 0.6 is 0 Å². The van der Waals surface area contributed by atoms with Gasteiger partial charge < -0.3 is 13.9 Å². The molecule has 12 aromatic rings. The molecule has 0 spiro atoms. The summed E-state index contributed by atoms with van der Waals surface area (Å²) in [5.74, 6) is 1.02. The zero-order chi connectivity index (χ0) is 46.2. The molecule has 4 heteroatoms. The maximum absolute atomic E-state index is 6.68. The fraction of sp³-hybridized carbons (Fsp3) is 0.0303. The van der Waals surface area contributed by atoms with Crippen LogP contribution in [0.3, 0.4) is 0 Å². The van der Waals surface area contributed by atoms with Crippen LogP contribution in [0.25, 0.3) is 71.7 Å². The summed E-state index contributed by atoms with van der Waals surface area (Å²) in [6.07, 6.45) is 6.87. The van der Waals surface area contributed by atoms with Gasteiger partial charge in [-0.3, -0.25) is 0 Å². The molecule has 0 saturated carbocycles. The average Bonchev–Trinajstić information content (AvgIpc) is 4.09. The number of hydrogen-bond acceptors (Lipinski definition) is 1. The summed E-state index contributed by atoms with van der Waals surface area (Å²) in [7, 11) is -2.69. The number of aromatic nitrogens is 2. The molecule has 0 bridgehead atoms. The number of allylic oxidation sites excluding steroid dienone is 2. The molecule has 2 unspecified atom stereocenters. The zero-order valence-electron chi connectivity index (χ0n) is 38.4. The SMILES string of the molecule is C1=CC2Oc3ccc(-n4c5ccccc5c5cc(-n6c7ccccc7c7ccccc76)ccc54)cc3C2C=C1c1cccc(-c2cccc([Si](c3ccccc3)(c3ccccc3)c3ccccc3)c2)c1. The molecule has 2 aromatic heterocycles. The normalized spacial score (nSPS) is 15.3. The number of rotatable bonds is 8. The van der Waals surface area contributed by atoms with Gasteiger partial charge in [0.2, 0.25) is 0 Å². The molecule has 0 N–H and O–H groups in total. The summed E-state index contributed by atoms with van der Waals surface area (Å²) >= 11 is 0. The third-order valence-corrected chi connectivity index (χ3v) is 19.8. The van der Waals surface area contributed by atoms with E-state index in [0.717, 1.165) is 17.1 Å². The molecule has 3 nitrogen and oxygen atoms in total. The van der Waals surface area contributed by atoms with E-state index in [1.165, 1.54) is 92.2 Å². The van der Waals surface area contributed by atoms with Crippen molar-refractivity contribution in [2.45, 2.75) is 12.0 Å². The van der Waals surface area contributed by atoms with Gasteiger partial charge in [-0.15, -0.1) is 0 Å². The van der Waals surface area contributed by atoms with Crippen LogP contribution in [0.1, 0.15) is 17.0 Å². The highest BCUT2D eigenvalue weighted by Crippen LogP contribution is 2.46. The topological polar surface area (TPSA) is 19.1 Å². The molecule has 1 aliphatic heterocycles. The molecule has 14 rings (SSSR count). The lowest BCUT2D eigenvalue weighted by molar-refractivity contribution is 0.269. The standard InChI is InChI=1S/C66H46N2OSi/c1-4-21-51(22-5-1)70(52-23-6-2-7-24-52,53-25-8-3-9-26-53)54-27-17-20-47(41-54)45-18-16-19-46(40-45)48-34-38-65-59(42-48)60-44-50(36-39-66(60)69-65)68-63-33-15-12-30-57(63)58-43-49(35-37-64(58)68)67-61-31-13-10-28-55(61)56-29-11-14-32-62(56)67/h1-44,59,65H. The molecular weight excluding hydrogens is 865 g/mol. The predicted molar refractivity (Wildman–Crippen MR) is 295 cm³/mol. The maximum Gasteiger partial charge on any atom is 0.179 e. The molecule has 0 radical (unpaired) electrons. The lowest BCUT2D eigenvalue weighted by Gasteiger charge is -2.34. The van der Waals surface area contributed by atoms with Crippen molar-refractivity contribution in [2.24, 2.45) is 0 Å². The van der Waals surface area contributed by atoms with Gasteiger partial charge in [0.05, 0.1) is 22.1 Å². The quantitative estimate of drug-likeness (QED) is 0.110. The molecule has 2 aliphatic rings. The molecule has 2 atom stereocenters. The molecule has 330 valence electrons. The minimum atomic E-state index is -2.69. The van der Waals surface area contributed by atoms with E-state index < -0.39 is 8.07 Å². The van der Waals surface area contributed by atoms with Gasteiger partial charge in [0, 0.05) is 44.4 Å². The maximum atomic E-state index is 6.68. The van der Waals surface area contributed by atoms with Crippen LogP contribution in [0.5, 0.6) is 5.75 Å². The van der Waals surface area contributed by atoms with Crippen LogP contribution in [0.4, 0.5) is 0 Å². The summed E-state index contributed by atoms with van der Waals surface area (Å²) in [5.41, 5.74) is 13.1. The van der Waals surface area contributed by atoms with Crippen LogP contribution in [0.15, 0.2) is 267 Å². The Balaban J connectivity index is 0.837. The Morgan fingerprint density at radius 2 is 0.829 bits per heavy atom. The summed E-state index contributed by atoms with van der Waals surface area (Å²) < 4.78 is 11.5. The van der Waals surface area contributed by atoms with E-state index in [1.54, 1.807) is 0 Å². The van der Waals surface area contributed by atoms with Crippen LogP contribution in [-0.4, -0.2) is 23.3 Å². The van der Waals surface area contributed by atoms with Crippen molar-refractivity contribution in [3.63, 3.8) is 0 Å². The van der Waals surface area contributed by atoms with E-state index in [4.69, 9.17) is 4.74 Å². The van der Waals surface area contributed by atoms with Gasteiger partial charge in [0.1, 0.15) is 11.9 Å². The molecule has 70 heavy (non-hydrogen) atoms. The van der Waals surface area contributed by atoms with Gasteiger partial charge in [-0.1, -0.05) is 200 Å². The Kier molecular flexibility index (Phi) is 9.36. The number of ether oxygens (including phenoxy) is 1. The fourth-order valence-electron chi connectivity index (χ4n) is 11.9. The van der Waals surface area contributed by atoms with Crippen molar-refractivity contribution in [1.29, 1.82) is 0 Å². The highest BCUT2D eigenvalue weighted by Gasteiger charge is 2.41. The number of benzene rings is 10. The van der Waals surface area contributed by atoms with Gasteiger partial charge in [-0.25, -0.2) is 0 Å². The molecule has 0 amide bonds. The Bertz CT molecular complexity index is 3900. The van der Waals surface area contributed by atoms with Gasteiger partial charge in [0.15, 0.2) is 8.07 Å². The highest BCUT2D eigenvalue weighted by molar-refractivity contribution is 7.19. The number of nitrogens with zero attached hydrogens (tertiary/aromatic N) is 2. The monoisotopic (exact) mass is 910 g/mol. The van der Waals surface area contributed by atoms with Crippen molar-refractivity contribution in [1.82, 2.24) is 9.13 Å². The van der Waals surface area contributed by atoms with Crippen molar-refractivity contribution >= 4 is 78.0 Å². The number of hydrogen-bond donors (Lipinski definition) is 0. The Labute approximate surface area is 408 Å². The second-order valence-corrected chi connectivity index (χ2v) is 22.6. The molecule has 0 saturated heterocycles. The Morgan fingerprint density at radius 1 is 0.357 bits per heavy atom. The average molecular weight is 911 g/mol. The minimum Gasteiger partial charge on any atom is -0.485 e. The first-order valence-electron chi connectivity index (χ1n) is 24.3. The van der Waals surface area contributed by atoms with Crippen molar-refractivity contribution in [3.8, 4) is 28.3 Å². The minimum absolute atomic E-state index is 0.0622. The predicted octanol–water partition coefficient (Wildman–Crippen LogP) is 13.4. The van der Waals surface area contributed by atoms with Crippen LogP contribution < -0.4 is 25.5 Å². The van der Waals surface area contributed by atoms with Crippen molar-refractivity contribution in [3.05, 3.63) is 278 Å². The van der Waals surface area contributed by atoms with Gasteiger partial charge >= 0.3 is 0 Å². The van der Waals surface area contributed by atoms with Crippen LogP contribution in [0, 0.1) is 0 Å². The largest absolute Gasteiger partial charge is 0.485 e. The summed E-state index contributed by atoms with van der Waals surface area (Å²) in [4.78, 5) is 0. The third kappa shape index (κ3) is 6.27. The van der Waals surface area contributed by atoms with Crippen molar-refractivity contribution < 1.29 is 4.74 Å². The molecule has 1 aliphatic carbocycles. The molecular formula is C66H46N2OSi. The Morgan fingerprint density at radius 3 is 1.44 bits per heavy atom. The highest BCUT2D eigenvalue weighted by atomic mass is 28.3. The van der Waals surface area contributed by atoms with Gasteiger partial charge in [-0.2, -0.15) is 0 Å². The first-order chi connectivity index (χ1) is 34.7. The number of para-hydroxylation sites is 3. The fourth-order valence-corrected chi connectivity index (χ4v) is 16.7. The molecule has 10 aromatic carbocycles. The van der Waals surface area contributed by atoms with E-state index in [-0.39, 0.29) is 12.0 Å². The summed E-state index contributed by atoms with van der Waals surface area (Å²) in [6, 6.07) is 91.9. The lowest BCUT2D eigenvalue weighted by Crippen LogP contribution is -2.74. The van der Waals surface area contributed by atoms with E-state index in [1.807, 2.05) is 0 Å². The zero-order valence-corrected chi connectivity index (χ0v) is 39.4. The van der Waals surface area contributed by atoms with Gasteiger partial charge in [-0.05, 0) is 110 Å². The third-order valence-electron chi connectivity index (χ3n) is 15.0. The second-order valence-electron chi connectivity index (χ2n) is 18.7. The molecule has 0 fully saturated rings. The van der Waals surface area contributed by atoms with Gasteiger partial charge in [0.25, 0.3) is 0 Å². The Hall–Kier alpha value is -8.70. The summed E-state index contributed by atoms with van der Waals surface area (Å²) in [6.45, 7) is 0. The first kappa shape index (κ1) is 40.4. The van der Waals surface area contributed by atoms with E-state index in [2.05, 4.69) is 276 Å². The second kappa shape index (κ2) is 16.2. The van der Waals surface area contributed by atoms with Crippen molar-refractivity contribution in [2.75, 3.05) is 0 Å². The van der Waals surface area contributed by atoms with Crippen LogP contribution in [-0.2, 0) is 0 Å². The van der Waals surface area contributed by atoms with E-state index in [9.17, 15) is 0 Å². The molecule has 3 heterocycles. The smallest absolute Gasteiger partial charge is 0.179 e.